The minimum Gasteiger partial charge on any atom is -0.349 e. The zero-order chi connectivity index (χ0) is 16.4. The van der Waals surface area contributed by atoms with E-state index in [1.807, 2.05) is 0 Å². The van der Waals surface area contributed by atoms with E-state index in [0.717, 1.165) is 5.56 Å². The molecule has 0 aliphatic carbocycles. The van der Waals surface area contributed by atoms with E-state index in [-0.39, 0.29) is 29.8 Å². The van der Waals surface area contributed by atoms with Gasteiger partial charge in [0.05, 0.1) is 23.6 Å². The highest BCUT2D eigenvalue weighted by molar-refractivity contribution is 7.91. The standard InChI is InChI=1S/C15H21FN2O3S/c1-15(6-7-22(20,21)11-15)17-14(19)10-18(2)9-12-4-3-5-13(16)8-12/h3-5,8H,6-7,9-11H2,1-2H3,(H,17,19)/t15-/m0/s1. The van der Waals surface area contributed by atoms with Crippen LogP contribution < -0.4 is 5.32 Å². The number of sulfone groups is 1. The Balaban J connectivity index is 1.87. The first-order chi connectivity index (χ1) is 10.2. The van der Waals surface area contributed by atoms with Gasteiger partial charge in [-0.05, 0) is 38.1 Å². The van der Waals surface area contributed by atoms with Gasteiger partial charge in [0, 0.05) is 6.54 Å². The fourth-order valence-corrected chi connectivity index (χ4v) is 4.83. The molecule has 0 radical (unpaired) electrons. The summed E-state index contributed by atoms with van der Waals surface area (Å²) >= 11 is 0. The number of nitrogens with one attached hydrogen (secondary N) is 1. The summed E-state index contributed by atoms with van der Waals surface area (Å²) in [7, 11) is -1.29. The van der Waals surface area contributed by atoms with Crippen LogP contribution >= 0.6 is 0 Å². The van der Waals surface area contributed by atoms with Gasteiger partial charge >= 0.3 is 0 Å². The number of nitrogens with zero attached hydrogens (tertiary/aromatic N) is 1. The highest BCUT2D eigenvalue weighted by Crippen LogP contribution is 2.22. The summed E-state index contributed by atoms with van der Waals surface area (Å²) in [4.78, 5) is 13.8. The van der Waals surface area contributed by atoms with Gasteiger partial charge in [-0.3, -0.25) is 9.69 Å². The molecular formula is C15H21FN2O3S. The van der Waals surface area contributed by atoms with E-state index in [1.54, 1.807) is 31.0 Å². The van der Waals surface area contributed by atoms with Gasteiger partial charge in [0.1, 0.15) is 5.82 Å². The Bertz CT molecular complexity index is 663. The molecule has 1 saturated heterocycles. The molecule has 1 amide bonds. The minimum atomic E-state index is -3.05. The molecule has 0 bridgehead atoms. The van der Waals surface area contributed by atoms with Gasteiger partial charge in [0.25, 0.3) is 0 Å². The van der Waals surface area contributed by atoms with Crippen molar-refractivity contribution in [2.24, 2.45) is 0 Å². The topological polar surface area (TPSA) is 66.5 Å². The van der Waals surface area contributed by atoms with E-state index >= 15 is 0 Å². The van der Waals surface area contributed by atoms with Crippen molar-refractivity contribution in [1.82, 2.24) is 10.2 Å². The van der Waals surface area contributed by atoms with Crippen molar-refractivity contribution >= 4 is 15.7 Å². The van der Waals surface area contributed by atoms with Crippen LogP contribution in [-0.2, 0) is 21.2 Å². The fraction of sp³-hybridized carbons (Fsp3) is 0.533. The summed E-state index contributed by atoms with van der Waals surface area (Å²) in [5, 5.41) is 2.81. The molecule has 1 fully saturated rings. The lowest BCUT2D eigenvalue weighted by Gasteiger charge is -2.25. The molecule has 1 heterocycles. The molecule has 0 unspecified atom stereocenters. The Morgan fingerprint density at radius 3 is 2.77 bits per heavy atom. The predicted molar refractivity (Wildman–Crippen MR) is 82.6 cm³/mol. The van der Waals surface area contributed by atoms with Crippen LogP contribution in [0.5, 0.6) is 0 Å². The van der Waals surface area contributed by atoms with Crippen molar-refractivity contribution in [1.29, 1.82) is 0 Å². The Morgan fingerprint density at radius 2 is 2.18 bits per heavy atom. The van der Waals surface area contributed by atoms with E-state index in [9.17, 15) is 17.6 Å². The molecule has 1 aromatic carbocycles. The van der Waals surface area contributed by atoms with Crippen LogP contribution in [0.25, 0.3) is 0 Å². The van der Waals surface area contributed by atoms with Gasteiger partial charge in [0.15, 0.2) is 9.84 Å². The second-order valence-corrected chi connectivity index (χ2v) is 8.44. The second-order valence-electron chi connectivity index (χ2n) is 6.25. The lowest BCUT2D eigenvalue weighted by molar-refractivity contribution is -0.123. The number of halogens is 1. The van der Waals surface area contributed by atoms with Crippen LogP contribution in [0.2, 0.25) is 0 Å². The van der Waals surface area contributed by atoms with Crippen LogP contribution in [0, 0.1) is 5.82 Å². The molecular weight excluding hydrogens is 307 g/mol. The van der Waals surface area contributed by atoms with Crippen molar-refractivity contribution in [3.05, 3.63) is 35.6 Å². The van der Waals surface area contributed by atoms with Gasteiger partial charge < -0.3 is 5.32 Å². The first-order valence-corrected chi connectivity index (χ1v) is 8.94. The van der Waals surface area contributed by atoms with Gasteiger partial charge in [-0.1, -0.05) is 12.1 Å². The van der Waals surface area contributed by atoms with Crippen LogP contribution in [0.4, 0.5) is 4.39 Å². The Kier molecular flexibility index (Phi) is 4.87. The molecule has 122 valence electrons. The summed E-state index contributed by atoms with van der Waals surface area (Å²) < 4.78 is 36.2. The van der Waals surface area contributed by atoms with E-state index in [2.05, 4.69) is 5.32 Å². The van der Waals surface area contributed by atoms with Gasteiger partial charge in [-0.15, -0.1) is 0 Å². The number of benzene rings is 1. The lowest BCUT2D eigenvalue weighted by Crippen LogP contribution is -2.49. The normalized spacial score (nSPS) is 23.6. The van der Waals surface area contributed by atoms with Gasteiger partial charge in [0.2, 0.25) is 5.91 Å². The number of amides is 1. The number of hydrogen-bond donors (Lipinski definition) is 1. The van der Waals surface area contributed by atoms with E-state index in [1.165, 1.54) is 12.1 Å². The molecule has 1 aromatic rings. The summed E-state index contributed by atoms with van der Waals surface area (Å²) in [5.41, 5.74) is 0.0975. The minimum absolute atomic E-state index is 0.0145. The lowest BCUT2D eigenvalue weighted by atomic mass is 10.0. The maximum absolute atomic E-state index is 13.1. The molecule has 0 aromatic heterocycles. The highest BCUT2D eigenvalue weighted by Gasteiger charge is 2.39. The average Bonchev–Trinajstić information content (AvgIpc) is 2.62. The summed E-state index contributed by atoms with van der Waals surface area (Å²) in [6, 6.07) is 6.22. The summed E-state index contributed by atoms with van der Waals surface area (Å²) in [6.45, 7) is 2.33. The average molecular weight is 328 g/mol. The first-order valence-electron chi connectivity index (χ1n) is 7.12. The zero-order valence-electron chi connectivity index (χ0n) is 12.8. The summed E-state index contributed by atoms with van der Waals surface area (Å²) in [6.07, 6.45) is 0.439. The number of carbonyl (C=O) groups excluding carboxylic acids is 1. The van der Waals surface area contributed by atoms with Crippen molar-refractivity contribution in [3.8, 4) is 0 Å². The molecule has 7 heteroatoms. The third-order valence-electron chi connectivity index (χ3n) is 3.70. The van der Waals surface area contributed by atoms with Gasteiger partial charge in [-0.25, -0.2) is 12.8 Å². The maximum Gasteiger partial charge on any atom is 0.234 e. The van der Waals surface area contributed by atoms with Crippen molar-refractivity contribution in [2.75, 3.05) is 25.1 Å². The van der Waals surface area contributed by atoms with Crippen molar-refractivity contribution in [3.63, 3.8) is 0 Å². The quantitative estimate of drug-likeness (QED) is 0.874. The maximum atomic E-state index is 13.1. The van der Waals surface area contributed by atoms with Gasteiger partial charge in [-0.2, -0.15) is 0 Å². The fourth-order valence-electron chi connectivity index (χ4n) is 2.73. The second kappa shape index (κ2) is 6.34. The molecule has 0 saturated carbocycles. The molecule has 0 spiro atoms. The Morgan fingerprint density at radius 1 is 1.45 bits per heavy atom. The summed E-state index contributed by atoms with van der Waals surface area (Å²) in [5.74, 6) is -0.431. The third kappa shape index (κ3) is 4.78. The highest BCUT2D eigenvalue weighted by atomic mass is 32.2. The zero-order valence-corrected chi connectivity index (χ0v) is 13.6. The Labute approximate surface area is 130 Å². The number of carbonyl (C=O) groups is 1. The number of rotatable bonds is 5. The van der Waals surface area contributed by atoms with Crippen LogP contribution in [-0.4, -0.2) is 49.9 Å². The van der Waals surface area contributed by atoms with E-state index in [4.69, 9.17) is 0 Å². The van der Waals surface area contributed by atoms with Crippen LogP contribution in [0.1, 0.15) is 18.9 Å². The first kappa shape index (κ1) is 16.9. The molecule has 2 rings (SSSR count). The van der Waals surface area contributed by atoms with Crippen molar-refractivity contribution in [2.45, 2.75) is 25.4 Å². The van der Waals surface area contributed by atoms with Crippen LogP contribution in [0.3, 0.4) is 0 Å². The number of hydrogen-bond acceptors (Lipinski definition) is 4. The predicted octanol–water partition coefficient (Wildman–Crippen LogP) is 0.951. The Hall–Kier alpha value is -1.47. The SMILES string of the molecule is CN(CC(=O)N[C@@]1(C)CCS(=O)(=O)C1)Cc1cccc(F)c1. The number of likely N-dealkylation sites (N-methyl/N-ethyl adjacent to an activating group) is 1. The third-order valence-corrected chi connectivity index (χ3v) is 5.60. The largest absolute Gasteiger partial charge is 0.349 e. The molecule has 1 atom stereocenters. The monoisotopic (exact) mass is 328 g/mol. The smallest absolute Gasteiger partial charge is 0.234 e. The molecule has 5 nitrogen and oxygen atoms in total. The molecule has 22 heavy (non-hydrogen) atoms. The molecule has 1 aliphatic heterocycles. The van der Waals surface area contributed by atoms with Crippen molar-refractivity contribution < 1.29 is 17.6 Å². The molecule has 1 aliphatic rings. The van der Waals surface area contributed by atoms with Crippen LogP contribution in [0.15, 0.2) is 24.3 Å². The van der Waals surface area contributed by atoms with E-state index in [0.29, 0.717) is 13.0 Å². The van der Waals surface area contributed by atoms with E-state index < -0.39 is 15.4 Å². The molecule has 1 N–H and O–H groups in total.